The van der Waals surface area contributed by atoms with Crippen LogP contribution in [0.5, 0.6) is 0 Å². The van der Waals surface area contributed by atoms with Crippen LogP contribution in [0.3, 0.4) is 0 Å². The van der Waals surface area contributed by atoms with Crippen LogP contribution in [0, 0.1) is 0 Å². The van der Waals surface area contributed by atoms with Gasteiger partial charge >= 0.3 is 0 Å². The largest absolute Gasteiger partial charge is 0.379 e. The maximum atomic E-state index is 5.71. The van der Waals surface area contributed by atoms with Crippen molar-refractivity contribution >= 4 is 5.96 Å². The molecule has 1 saturated heterocycles. The fourth-order valence-corrected chi connectivity index (χ4v) is 1.62. The molecule has 0 atom stereocenters. The molecule has 1 rings (SSSR count). The lowest BCUT2D eigenvalue weighted by molar-refractivity contribution is 0.0376. The SMILES string of the molecule is C=C(C)CN=C(N)NCCCN1CCOCC1. The fraction of sp³-hybridized carbons (Fsp3) is 0.750. The Balaban J connectivity index is 2.02. The Kier molecular flexibility index (Phi) is 6.65. The van der Waals surface area contributed by atoms with Gasteiger partial charge < -0.3 is 15.8 Å². The molecule has 1 aliphatic rings. The molecule has 0 aromatic rings. The molecule has 17 heavy (non-hydrogen) atoms. The molecule has 0 aromatic heterocycles. The molecular weight excluding hydrogens is 216 g/mol. The van der Waals surface area contributed by atoms with Crippen molar-refractivity contribution in [1.29, 1.82) is 0 Å². The minimum absolute atomic E-state index is 0.509. The van der Waals surface area contributed by atoms with E-state index in [0.717, 1.165) is 51.4 Å². The molecule has 0 spiro atoms. The maximum Gasteiger partial charge on any atom is 0.188 e. The van der Waals surface area contributed by atoms with Crippen LogP contribution in [-0.2, 0) is 4.74 Å². The van der Waals surface area contributed by atoms with Crippen LogP contribution in [0.25, 0.3) is 0 Å². The fourth-order valence-electron chi connectivity index (χ4n) is 1.62. The molecule has 0 unspecified atom stereocenters. The summed E-state index contributed by atoms with van der Waals surface area (Å²) in [6.45, 7) is 12.1. The van der Waals surface area contributed by atoms with Crippen LogP contribution in [-0.4, -0.2) is 56.8 Å². The van der Waals surface area contributed by atoms with Gasteiger partial charge in [-0.15, -0.1) is 0 Å². The number of hydrogen-bond donors (Lipinski definition) is 2. The highest BCUT2D eigenvalue weighted by molar-refractivity contribution is 5.77. The second-order valence-electron chi connectivity index (χ2n) is 4.39. The van der Waals surface area contributed by atoms with Crippen molar-refractivity contribution < 1.29 is 4.74 Å². The highest BCUT2D eigenvalue weighted by Gasteiger charge is 2.08. The summed E-state index contributed by atoms with van der Waals surface area (Å²) in [6.07, 6.45) is 1.07. The van der Waals surface area contributed by atoms with E-state index >= 15 is 0 Å². The maximum absolute atomic E-state index is 5.71. The van der Waals surface area contributed by atoms with Crippen LogP contribution in [0.4, 0.5) is 0 Å². The minimum atomic E-state index is 0.509. The molecule has 1 aliphatic heterocycles. The summed E-state index contributed by atoms with van der Waals surface area (Å²) >= 11 is 0. The van der Waals surface area contributed by atoms with Gasteiger partial charge in [0.25, 0.3) is 0 Å². The summed E-state index contributed by atoms with van der Waals surface area (Å²) in [6, 6.07) is 0. The average molecular weight is 240 g/mol. The summed E-state index contributed by atoms with van der Waals surface area (Å²) in [5.41, 5.74) is 6.72. The van der Waals surface area contributed by atoms with E-state index in [1.807, 2.05) is 6.92 Å². The number of hydrogen-bond acceptors (Lipinski definition) is 3. The topological polar surface area (TPSA) is 62.9 Å². The Bertz CT molecular complexity index is 259. The van der Waals surface area contributed by atoms with Crippen LogP contribution in [0.1, 0.15) is 13.3 Å². The molecule has 5 heteroatoms. The Labute approximate surface area is 104 Å². The van der Waals surface area contributed by atoms with Gasteiger partial charge in [0.15, 0.2) is 5.96 Å². The van der Waals surface area contributed by atoms with Crippen LogP contribution in [0.15, 0.2) is 17.1 Å². The predicted molar refractivity (Wildman–Crippen MR) is 71.2 cm³/mol. The smallest absolute Gasteiger partial charge is 0.188 e. The number of ether oxygens (including phenoxy) is 1. The van der Waals surface area contributed by atoms with Gasteiger partial charge in [0, 0.05) is 19.6 Å². The van der Waals surface area contributed by atoms with E-state index in [-0.39, 0.29) is 0 Å². The van der Waals surface area contributed by atoms with Crippen molar-refractivity contribution in [3.05, 3.63) is 12.2 Å². The van der Waals surface area contributed by atoms with E-state index in [2.05, 4.69) is 21.8 Å². The lowest BCUT2D eigenvalue weighted by Gasteiger charge is -2.26. The zero-order valence-corrected chi connectivity index (χ0v) is 10.7. The second-order valence-corrected chi connectivity index (χ2v) is 4.39. The molecule has 5 nitrogen and oxygen atoms in total. The van der Waals surface area contributed by atoms with E-state index in [1.165, 1.54) is 0 Å². The molecule has 0 radical (unpaired) electrons. The van der Waals surface area contributed by atoms with Gasteiger partial charge in [-0.05, 0) is 19.9 Å². The number of rotatable bonds is 6. The summed E-state index contributed by atoms with van der Waals surface area (Å²) in [7, 11) is 0. The first kappa shape index (κ1) is 14.0. The van der Waals surface area contributed by atoms with Crippen molar-refractivity contribution in [2.75, 3.05) is 45.9 Å². The highest BCUT2D eigenvalue weighted by atomic mass is 16.5. The van der Waals surface area contributed by atoms with E-state index in [1.54, 1.807) is 0 Å². The molecule has 0 bridgehead atoms. The molecule has 0 aliphatic carbocycles. The number of morpholine rings is 1. The zero-order chi connectivity index (χ0) is 12.5. The minimum Gasteiger partial charge on any atom is -0.379 e. The van der Waals surface area contributed by atoms with E-state index in [0.29, 0.717) is 12.5 Å². The van der Waals surface area contributed by atoms with Gasteiger partial charge in [-0.1, -0.05) is 12.2 Å². The lowest BCUT2D eigenvalue weighted by atomic mass is 10.3. The van der Waals surface area contributed by atoms with Crippen molar-refractivity contribution in [2.45, 2.75) is 13.3 Å². The van der Waals surface area contributed by atoms with E-state index < -0.39 is 0 Å². The van der Waals surface area contributed by atoms with Gasteiger partial charge in [-0.25, -0.2) is 4.99 Å². The van der Waals surface area contributed by atoms with Crippen molar-refractivity contribution in [3.8, 4) is 0 Å². The van der Waals surface area contributed by atoms with Crippen molar-refractivity contribution in [1.82, 2.24) is 10.2 Å². The number of aliphatic imine (C=N–C) groups is 1. The molecule has 0 aromatic carbocycles. The number of nitrogens with zero attached hydrogens (tertiary/aromatic N) is 2. The standard InChI is InChI=1S/C12H24N4O/c1-11(2)10-15-12(13)14-4-3-5-16-6-8-17-9-7-16/h1,3-10H2,2H3,(H3,13,14,15). The van der Waals surface area contributed by atoms with Crippen LogP contribution < -0.4 is 11.1 Å². The van der Waals surface area contributed by atoms with Gasteiger partial charge in [-0.3, -0.25) is 4.90 Å². The van der Waals surface area contributed by atoms with Crippen LogP contribution in [0.2, 0.25) is 0 Å². The normalized spacial score (nSPS) is 18.1. The second kappa shape index (κ2) is 8.08. The first-order chi connectivity index (χ1) is 8.18. The molecule has 3 N–H and O–H groups in total. The zero-order valence-electron chi connectivity index (χ0n) is 10.7. The third kappa shape index (κ3) is 6.97. The summed E-state index contributed by atoms with van der Waals surface area (Å²) in [4.78, 5) is 6.57. The molecule has 1 heterocycles. The Hall–Kier alpha value is -1.07. The number of nitrogens with one attached hydrogen (secondary N) is 1. The van der Waals surface area contributed by atoms with E-state index in [4.69, 9.17) is 10.5 Å². The molecule has 98 valence electrons. The third-order valence-corrected chi connectivity index (χ3v) is 2.58. The molecule has 0 amide bonds. The lowest BCUT2D eigenvalue weighted by Crippen LogP contribution is -2.39. The monoisotopic (exact) mass is 240 g/mol. The van der Waals surface area contributed by atoms with Gasteiger partial charge in [0.05, 0.1) is 19.8 Å². The summed E-state index contributed by atoms with van der Waals surface area (Å²) in [5.74, 6) is 0.509. The van der Waals surface area contributed by atoms with Crippen molar-refractivity contribution in [2.24, 2.45) is 10.7 Å². The number of nitrogens with two attached hydrogens (primary N) is 1. The van der Waals surface area contributed by atoms with Crippen molar-refractivity contribution in [3.63, 3.8) is 0 Å². The first-order valence-corrected chi connectivity index (χ1v) is 6.17. The van der Waals surface area contributed by atoms with E-state index in [9.17, 15) is 0 Å². The number of guanidine groups is 1. The van der Waals surface area contributed by atoms with Gasteiger partial charge in [-0.2, -0.15) is 0 Å². The molecule has 0 saturated carbocycles. The third-order valence-electron chi connectivity index (χ3n) is 2.58. The first-order valence-electron chi connectivity index (χ1n) is 6.17. The molecule has 1 fully saturated rings. The summed E-state index contributed by atoms with van der Waals surface area (Å²) in [5, 5.41) is 3.11. The quantitative estimate of drug-likeness (QED) is 0.301. The summed E-state index contributed by atoms with van der Waals surface area (Å²) < 4.78 is 5.29. The van der Waals surface area contributed by atoms with Gasteiger partial charge in [0.1, 0.15) is 0 Å². The Morgan fingerprint density at radius 2 is 2.18 bits per heavy atom. The predicted octanol–water partition coefficient (Wildman–Crippen LogP) is 0.189. The Morgan fingerprint density at radius 1 is 1.47 bits per heavy atom. The Morgan fingerprint density at radius 3 is 2.82 bits per heavy atom. The highest BCUT2D eigenvalue weighted by Crippen LogP contribution is 1.97. The molecular formula is C12H24N4O. The average Bonchev–Trinajstić information content (AvgIpc) is 2.33. The van der Waals surface area contributed by atoms with Gasteiger partial charge in [0.2, 0.25) is 0 Å². The van der Waals surface area contributed by atoms with Crippen LogP contribution >= 0.6 is 0 Å².